The molecular formula is C16H32N2. The van der Waals surface area contributed by atoms with Gasteiger partial charge in [-0.2, -0.15) is 0 Å². The first-order chi connectivity index (χ1) is 8.61. The molecule has 2 heteroatoms. The highest BCUT2D eigenvalue weighted by molar-refractivity contribution is 4.95. The molecule has 1 N–H and O–H groups in total. The molecule has 2 heterocycles. The van der Waals surface area contributed by atoms with E-state index in [1.807, 2.05) is 0 Å². The Morgan fingerprint density at radius 3 is 2.22 bits per heavy atom. The number of hydrogen-bond donors (Lipinski definition) is 1. The average molecular weight is 252 g/mol. The van der Waals surface area contributed by atoms with Crippen LogP contribution < -0.4 is 5.32 Å². The molecule has 106 valence electrons. The Balaban J connectivity index is 1.95. The molecule has 0 aromatic carbocycles. The van der Waals surface area contributed by atoms with Crippen molar-refractivity contribution < 1.29 is 0 Å². The van der Waals surface area contributed by atoms with Gasteiger partial charge in [-0.3, -0.25) is 4.90 Å². The summed E-state index contributed by atoms with van der Waals surface area (Å²) in [6.45, 7) is 11.9. The van der Waals surface area contributed by atoms with Gasteiger partial charge in [-0.15, -0.1) is 0 Å². The number of nitrogens with zero attached hydrogens (tertiary/aromatic N) is 1. The molecule has 0 saturated carbocycles. The molecule has 2 saturated heterocycles. The molecule has 0 aliphatic carbocycles. The average Bonchev–Trinajstić information content (AvgIpc) is 2.30. The molecule has 2 aliphatic rings. The van der Waals surface area contributed by atoms with Crippen LogP contribution in [0.3, 0.4) is 0 Å². The Labute approximate surface area is 114 Å². The highest BCUT2D eigenvalue weighted by Gasteiger charge is 2.38. The van der Waals surface area contributed by atoms with E-state index in [4.69, 9.17) is 0 Å². The van der Waals surface area contributed by atoms with Crippen LogP contribution in [0, 0.1) is 11.8 Å². The van der Waals surface area contributed by atoms with Crippen LogP contribution in [0.2, 0.25) is 0 Å². The second kappa shape index (κ2) is 6.38. The fourth-order valence-electron chi connectivity index (χ4n) is 3.78. The van der Waals surface area contributed by atoms with Crippen molar-refractivity contribution in [3.05, 3.63) is 0 Å². The van der Waals surface area contributed by atoms with Crippen molar-refractivity contribution in [2.24, 2.45) is 11.8 Å². The molecule has 2 nitrogen and oxygen atoms in total. The summed E-state index contributed by atoms with van der Waals surface area (Å²) in [6.07, 6.45) is 7.09. The van der Waals surface area contributed by atoms with Gasteiger partial charge in [-0.25, -0.2) is 0 Å². The standard InChI is InChI=1S/C16H32N2/c1-5-17-14-9-15-7-6-8-16(10-14)18(15)11-13(4)12(2)3/h12-17H,5-11H2,1-4H3. The second-order valence-corrected chi connectivity index (χ2v) is 6.88. The maximum atomic E-state index is 3.68. The monoisotopic (exact) mass is 252 g/mol. The zero-order valence-electron chi connectivity index (χ0n) is 12.8. The van der Waals surface area contributed by atoms with E-state index in [0.717, 1.165) is 36.5 Å². The fraction of sp³-hybridized carbons (Fsp3) is 1.00. The first-order valence-electron chi connectivity index (χ1n) is 8.11. The first kappa shape index (κ1) is 14.3. The number of nitrogens with one attached hydrogen (secondary N) is 1. The Kier molecular flexibility index (Phi) is 5.08. The normalized spacial score (nSPS) is 34.8. The lowest BCUT2D eigenvalue weighted by atomic mass is 9.80. The molecule has 3 unspecified atom stereocenters. The van der Waals surface area contributed by atoms with E-state index < -0.39 is 0 Å². The van der Waals surface area contributed by atoms with Gasteiger partial charge in [-0.05, 0) is 44.1 Å². The Morgan fingerprint density at radius 1 is 1.11 bits per heavy atom. The van der Waals surface area contributed by atoms with Crippen LogP contribution in [-0.2, 0) is 0 Å². The van der Waals surface area contributed by atoms with Crippen molar-refractivity contribution in [2.45, 2.75) is 77.9 Å². The predicted octanol–water partition coefficient (Wildman–Crippen LogP) is 3.27. The summed E-state index contributed by atoms with van der Waals surface area (Å²) in [4.78, 5) is 2.86. The quantitative estimate of drug-likeness (QED) is 0.808. The van der Waals surface area contributed by atoms with E-state index >= 15 is 0 Å². The van der Waals surface area contributed by atoms with Crippen LogP contribution in [0.4, 0.5) is 0 Å². The van der Waals surface area contributed by atoms with E-state index in [0.29, 0.717) is 0 Å². The summed E-state index contributed by atoms with van der Waals surface area (Å²) in [7, 11) is 0. The van der Waals surface area contributed by atoms with Crippen molar-refractivity contribution in [2.75, 3.05) is 13.1 Å². The molecule has 2 rings (SSSR count). The Bertz CT molecular complexity index is 237. The van der Waals surface area contributed by atoms with Gasteiger partial charge in [0.25, 0.3) is 0 Å². The highest BCUT2D eigenvalue weighted by atomic mass is 15.2. The van der Waals surface area contributed by atoms with Crippen LogP contribution in [0.5, 0.6) is 0 Å². The molecule has 0 aromatic rings. The summed E-state index contributed by atoms with van der Waals surface area (Å²) in [5.74, 6) is 1.65. The number of rotatable bonds is 5. The smallest absolute Gasteiger partial charge is 0.0113 e. The largest absolute Gasteiger partial charge is 0.314 e. The van der Waals surface area contributed by atoms with Crippen molar-refractivity contribution in [3.63, 3.8) is 0 Å². The van der Waals surface area contributed by atoms with E-state index in [2.05, 4.69) is 37.9 Å². The van der Waals surface area contributed by atoms with E-state index in [1.165, 1.54) is 38.6 Å². The van der Waals surface area contributed by atoms with Gasteiger partial charge in [0.15, 0.2) is 0 Å². The van der Waals surface area contributed by atoms with Gasteiger partial charge >= 0.3 is 0 Å². The third-order valence-corrected chi connectivity index (χ3v) is 5.26. The molecule has 2 bridgehead atoms. The van der Waals surface area contributed by atoms with E-state index in [1.54, 1.807) is 0 Å². The Morgan fingerprint density at radius 2 is 1.72 bits per heavy atom. The Hall–Kier alpha value is -0.0800. The van der Waals surface area contributed by atoms with E-state index in [9.17, 15) is 0 Å². The molecule has 2 fully saturated rings. The van der Waals surface area contributed by atoms with Crippen LogP contribution in [0.1, 0.15) is 59.8 Å². The maximum Gasteiger partial charge on any atom is 0.0113 e. The van der Waals surface area contributed by atoms with Crippen LogP contribution >= 0.6 is 0 Å². The number of piperidine rings is 2. The fourth-order valence-corrected chi connectivity index (χ4v) is 3.78. The summed E-state index contributed by atoms with van der Waals surface area (Å²) in [6, 6.07) is 2.52. The van der Waals surface area contributed by atoms with Gasteiger partial charge in [-0.1, -0.05) is 34.1 Å². The SMILES string of the molecule is CCNC1CC2CCCC(C1)N2CC(C)C(C)C. The lowest BCUT2D eigenvalue weighted by Gasteiger charge is -2.50. The van der Waals surface area contributed by atoms with Gasteiger partial charge < -0.3 is 5.32 Å². The van der Waals surface area contributed by atoms with Crippen molar-refractivity contribution in [1.29, 1.82) is 0 Å². The molecule has 2 aliphatic heterocycles. The topological polar surface area (TPSA) is 15.3 Å². The minimum atomic E-state index is 0.788. The lowest BCUT2D eigenvalue weighted by Crippen LogP contribution is -2.57. The third-order valence-electron chi connectivity index (χ3n) is 5.26. The molecule has 0 spiro atoms. The minimum Gasteiger partial charge on any atom is -0.314 e. The van der Waals surface area contributed by atoms with E-state index in [-0.39, 0.29) is 0 Å². The van der Waals surface area contributed by atoms with Crippen molar-refractivity contribution >= 4 is 0 Å². The molecule has 0 amide bonds. The lowest BCUT2D eigenvalue weighted by molar-refractivity contribution is 0.00943. The summed E-state index contributed by atoms with van der Waals surface area (Å²) in [5, 5.41) is 3.68. The van der Waals surface area contributed by atoms with Gasteiger partial charge in [0.2, 0.25) is 0 Å². The highest BCUT2D eigenvalue weighted by Crippen LogP contribution is 2.35. The zero-order chi connectivity index (χ0) is 13.1. The maximum absolute atomic E-state index is 3.68. The second-order valence-electron chi connectivity index (χ2n) is 6.88. The predicted molar refractivity (Wildman–Crippen MR) is 78.8 cm³/mol. The van der Waals surface area contributed by atoms with Crippen LogP contribution in [0.15, 0.2) is 0 Å². The van der Waals surface area contributed by atoms with Crippen molar-refractivity contribution in [1.82, 2.24) is 10.2 Å². The molecular weight excluding hydrogens is 220 g/mol. The third kappa shape index (κ3) is 3.27. The van der Waals surface area contributed by atoms with Gasteiger partial charge in [0.1, 0.15) is 0 Å². The minimum absolute atomic E-state index is 0.788. The zero-order valence-corrected chi connectivity index (χ0v) is 12.8. The first-order valence-corrected chi connectivity index (χ1v) is 8.11. The molecule has 3 atom stereocenters. The van der Waals surface area contributed by atoms with Gasteiger partial charge in [0.05, 0.1) is 0 Å². The summed E-state index contributed by atoms with van der Waals surface area (Å²) >= 11 is 0. The number of hydrogen-bond acceptors (Lipinski definition) is 2. The van der Waals surface area contributed by atoms with Crippen LogP contribution in [-0.4, -0.2) is 36.1 Å². The number of fused-ring (bicyclic) bond motifs is 2. The van der Waals surface area contributed by atoms with Crippen molar-refractivity contribution in [3.8, 4) is 0 Å². The molecule has 18 heavy (non-hydrogen) atoms. The molecule has 0 radical (unpaired) electrons. The summed E-state index contributed by atoms with van der Waals surface area (Å²) in [5.41, 5.74) is 0. The van der Waals surface area contributed by atoms with Gasteiger partial charge in [0, 0.05) is 24.7 Å². The van der Waals surface area contributed by atoms with Crippen LogP contribution in [0.25, 0.3) is 0 Å². The molecule has 0 aromatic heterocycles. The summed E-state index contributed by atoms with van der Waals surface area (Å²) < 4.78 is 0.